The van der Waals surface area contributed by atoms with Gasteiger partial charge in [0, 0.05) is 23.8 Å². The van der Waals surface area contributed by atoms with E-state index < -0.39 is 0 Å². The van der Waals surface area contributed by atoms with Gasteiger partial charge >= 0.3 is 0 Å². The molecule has 4 heteroatoms. The molecule has 4 rings (SSSR count). The average molecular weight is 389 g/mol. The highest BCUT2D eigenvalue weighted by molar-refractivity contribution is 6.26. The summed E-state index contributed by atoms with van der Waals surface area (Å²) < 4.78 is 5.41. The van der Waals surface area contributed by atoms with Crippen molar-refractivity contribution in [3.05, 3.63) is 58.3 Å². The molecule has 0 N–H and O–H groups in total. The number of aromatic nitrogens is 1. The van der Waals surface area contributed by atoms with Crippen molar-refractivity contribution < 1.29 is 9.53 Å². The van der Waals surface area contributed by atoms with E-state index in [1.807, 2.05) is 24.0 Å². The van der Waals surface area contributed by atoms with Gasteiger partial charge in [-0.3, -0.25) is 9.78 Å². The normalized spacial score (nSPS) is 14.1. The third-order valence-electron chi connectivity index (χ3n) is 5.92. The largest absolute Gasteiger partial charge is 0.383 e. The van der Waals surface area contributed by atoms with Gasteiger partial charge in [-0.1, -0.05) is 30.7 Å². The van der Waals surface area contributed by atoms with Crippen LogP contribution in [0, 0.1) is 27.7 Å². The first-order chi connectivity index (χ1) is 13.9. The molecule has 1 aromatic heterocycles. The number of pyridine rings is 1. The molecular formula is C25H28N2O2. The van der Waals surface area contributed by atoms with E-state index in [1.165, 1.54) is 22.3 Å². The summed E-state index contributed by atoms with van der Waals surface area (Å²) in [4.78, 5) is 20.2. The van der Waals surface area contributed by atoms with Crippen LogP contribution >= 0.6 is 0 Å². The molecule has 1 atom stereocenters. The van der Waals surface area contributed by atoms with Crippen LogP contribution < -0.4 is 4.90 Å². The van der Waals surface area contributed by atoms with Crippen molar-refractivity contribution in [2.45, 2.75) is 47.1 Å². The van der Waals surface area contributed by atoms with Crippen LogP contribution in [0.15, 0.2) is 30.3 Å². The second kappa shape index (κ2) is 7.27. The van der Waals surface area contributed by atoms with Crippen LogP contribution in [-0.4, -0.2) is 30.6 Å². The van der Waals surface area contributed by atoms with E-state index in [2.05, 4.69) is 45.9 Å². The van der Waals surface area contributed by atoms with E-state index in [1.54, 1.807) is 7.11 Å². The Balaban J connectivity index is 2.02. The van der Waals surface area contributed by atoms with Crippen molar-refractivity contribution in [3.63, 3.8) is 0 Å². The number of benzene rings is 2. The van der Waals surface area contributed by atoms with Crippen molar-refractivity contribution in [1.29, 1.82) is 0 Å². The summed E-state index contributed by atoms with van der Waals surface area (Å²) in [6.07, 6.45) is 0.833. The van der Waals surface area contributed by atoms with Crippen molar-refractivity contribution in [1.82, 2.24) is 4.98 Å². The number of hydrogen-bond donors (Lipinski definition) is 0. The minimum Gasteiger partial charge on any atom is -0.383 e. The Morgan fingerprint density at radius 1 is 1.03 bits per heavy atom. The molecule has 0 fully saturated rings. The predicted octanol–water partition coefficient (Wildman–Crippen LogP) is 5.52. The van der Waals surface area contributed by atoms with E-state index >= 15 is 0 Å². The van der Waals surface area contributed by atoms with Gasteiger partial charge in [-0.05, 0) is 62.9 Å². The highest BCUT2D eigenvalue weighted by atomic mass is 16.5. The molecule has 3 aromatic rings. The smallest absolute Gasteiger partial charge is 0.259 e. The molecule has 0 spiro atoms. The lowest BCUT2D eigenvalue weighted by molar-refractivity contribution is 0.0957. The van der Waals surface area contributed by atoms with Crippen molar-refractivity contribution in [2.75, 3.05) is 18.6 Å². The molecule has 2 heterocycles. The highest BCUT2D eigenvalue weighted by Crippen LogP contribution is 2.43. The van der Waals surface area contributed by atoms with Gasteiger partial charge in [0.05, 0.1) is 29.4 Å². The van der Waals surface area contributed by atoms with Crippen molar-refractivity contribution in [3.8, 4) is 11.1 Å². The van der Waals surface area contributed by atoms with Crippen LogP contribution in [-0.2, 0) is 4.74 Å². The first kappa shape index (κ1) is 19.6. The number of rotatable bonds is 5. The van der Waals surface area contributed by atoms with Crippen LogP contribution in [0.2, 0.25) is 0 Å². The predicted molar refractivity (Wildman–Crippen MR) is 119 cm³/mol. The fourth-order valence-corrected chi connectivity index (χ4v) is 4.79. The number of amides is 1. The summed E-state index contributed by atoms with van der Waals surface area (Å²) >= 11 is 0. The van der Waals surface area contributed by atoms with Crippen LogP contribution in [0.5, 0.6) is 0 Å². The topological polar surface area (TPSA) is 42.4 Å². The Bertz CT molecular complexity index is 1110. The highest BCUT2D eigenvalue weighted by Gasteiger charge is 2.35. The van der Waals surface area contributed by atoms with Gasteiger partial charge in [0.2, 0.25) is 0 Å². The summed E-state index contributed by atoms with van der Waals surface area (Å²) in [5, 5.41) is 0.965. The molecule has 4 nitrogen and oxygen atoms in total. The Hall–Kier alpha value is -2.72. The number of methoxy groups -OCH3 is 1. The molecule has 29 heavy (non-hydrogen) atoms. The second-order valence-electron chi connectivity index (χ2n) is 8.13. The summed E-state index contributed by atoms with van der Waals surface area (Å²) in [7, 11) is 1.69. The number of anilines is 1. The number of carbonyl (C=O) groups is 1. The molecule has 0 saturated heterocycles. The van der Waals surface area contributed by atoms with Crippen LogP contribution in [0.1, 0.15) is 46.1 Å². The molecule has 0 bridgehead atoms. The summed E-state index contributed by atoms with van der Waals surface area (Å²) in [6, 6.07) is 10.5. The molecule has 0 radical (unpaired) electrons. The fraction of sp³-hybridized carbons (Fsp3) is 0.360. The zero-order valence-electron chi connectivity index (χ0n) is 18.1. The Morgan fingerprint density at radius 3 is 2.31 bits per heavy atom. The Morgan fingerprint density at radius 2 is 1.69 bits per heavy atom. The number of carbonyl (C=O) groups excluding carboxylic acids is 1. The molecule has 150 valence electrons. The maximum atomic E-state index is 13.3. The first-order valence-electron chi connectivity index (χ1n) is 10.2. The lowest BCUT2D eigenvalue weighted by Crippen LogP contribution is -2.40. The SMILES string of the molecule is CC[C@@H](COC)N1C(=O)c2ccc(-c3c(C)cc(C)cc3C)c3nc(C)cc1c23. The molecule has 2 aromatic carbocycles. The molecule has 1 aliphatic rings. The van der Waals surface area contributed by atoms with Crippen molar-refractivity contribution >= 4 is 22.5 Å². The van der Waals surface area contributed by atoms with Gasteiger partial charge in [0.15, 0.2) is 0 Å². The summed E-state index contributed by atoms with van der Waals surface area (Å²) in [6.45, 7) is 11.0. The van der Waals surface area contributed by atoms with Crippen LogP contribution in [0.3, 0.4) is 0 Å². The first-order valence-corrected chi connectivity index (χ1v) is 10.2. The number of ether oxygens (including phenoxy) is 1. The van der Waals surface area contributed by atoms with E-state index in [9.17, 15) is 4.79 Å². The van der Waals surface area contributed by atoms with Gasteiger partial charge < -0.3 is 9.64 Å². The van der Waals surface area contributed by atoms with Crippen LogP contribution in [0.4, 0.5) is 5.69 Å². The minimum absolute atomic E-state index is 0.0104. The molecule has 1 amide bonds. The molecular weight excluding hydrogens is 360 g/mol. The van der Waals surface area contributed by atoms with Gasteiger partial charge in [-0.25, -0.2) is 0 Å². The maximum Gasteiger partial charge on any atom is 0.259 e. The lowest BCUT2D eigenvalue weighted by atomic mass is 9.91. The van der Waals surface area contributed by atoms with E-state index in [0.717, 1.165) is 39.8 Å². The molecule has 1 aliphatic heterocycles. The third-order valence-corrected chi connectivity index (χ3v) is 5.92. The van der Waals surface area contributed by atoms with Gasteiger partial charge in [0.1, 0.15) is 0 Å². The molecule has 0 aliphatic carbocycles. The maximum absolute atomic E-state index is 13.3. The summed E-state index contributed by atoms with van der Waals surface area (Å²) in [5.74, 6) is 0.0465. The number of aryl methyl sites for hydroxylation is 4. The van der Waals surface area contributed by atoms with Crippen LogP contribution in [0.25, 0.3) is 22.0 Å². The van der Waals surface area contributed by atoms with Gasteiger partial charge in [-0.15, -0.1) is 0 Å². The number of nitrogens with zero attached hydrogens (tertiary/aromatic N) is 2. The van der Waals surface area contributed by atoms with E-state index in [0.29, 0.717) is 6.61 Å². The van der Waals surface area contributed by atoms with E-state index in [4.69, 9.17) is 9.72 Å². The Labute approximate surface area is 172 Å². The standard InChI is InChI=1S/C25H28N2O2/c1-7-18(13-29-6)27-21-12-17(5)26-24-19(8-9-20(23(21)24)25(27)28)22-15(3)10-14(2)11-16(22)4/h8-12,18H,7,13H2,1-6H3/t18-/m0/s1. The van der Waals surface area contributed by atoms with E-state index in [-0.39, 0.29) is 11.9 Å². The minimum atomic E-state index is 0.0104. The average Bonchev–Trinajstić information content (AvgIpc) is 2.93. The second-order valence-corrected chi connectivity index (χ2v) is 8.13. The lowest BCUT2D eigenvalue weighted by Gasteiger charge is -2.27. The summed E-state index contributed by atoms with van der Waals surface area (Å²) in [5.41, 5.74) is 9.55. The van der Waals surface area contributed by atoms with Gasteiger partial charge in [-0.2, -0.15) is 0 Å². The molecule has 0 saturated carbocycles. The van der Waals surface area contributed by atoms with Crippen molar-refractivity contribution in [2.24, 2.45) is 0 Å². The fourth-order valence-electron chi connectivity index (χ4n) is 4.79. The zero-order valence-corrected chi connectivity index (χ0v) is 18.1. The monoisotopic (exact) mass is 388 g/mol. The number of hydrogen-bond acceptors (Lipinski definition) is 3. The molecule has 0 unspecified atom stereocenters. The third kappa shape index (κ3) is 3.03. The quantitative estimate of drug-likeness (QED) is 0.578. The zero-order chi connectivity index (χ0) is 20.9. The van der Waals surface area contributed by atoms with Gasteiger partial charge in [0.25, 0.3) is 5.91 Å². The Kier molecular flexibility index (Phi) is 4.91.